The molecule has 1 aromatic rings. The molecule has 0 aromatic heterocycles. The van der Waals surface area contributed by atoms with Gasteiger partial charge in [-0.05, 0) is 24.5 Å². The highest BCUT2D eigenvalue weighted by Gasteiger charge is 2.28. The van der Waals surface area contributed by atoms with Gasteiger partial charge in [0.25, 0.3) is 0 Å². The van der Waals surface area contributed by atoms with E-state index in [1.54, 1.807) is 0 Å². The van der Waals surface area contributed by atoms with Crippen molar-refractivity contribution < 1.29 is 4.79 Å². The van der Waals surface area contributed by atoms with Crippen LogP contribution in [0, 0.1) is 0 Å². The molecule has 4 nitrogen and oxygen atoms in total. The average Bonchev–Trinajstić information content (AvgIpc) is 2.85. The summed E-state index contributed by atoms with van der Waals surface area (Å²) < 4.78 is 0. The van der Waals surface area contributed by atoms with Crippen LogP contribution in [-0.4, -0.2) is 55.0 Å². The molecule has 0 radical (unpaired) electrons. The first kappa shape index (κ1) is 16.7. The fourth-order valence-corrected chi connectivity index (χ4v) is 3.84. The first-order valence-electron chi connectivity index (χ1n) is 8.72. The van der Waals surface area contributed by atoms with Gasteiger partial charge in [-0.3, -0.25) is 9.69 Å². The topological polar surface area (TPSA) is 35.6 Å². The second-order valence-corrected chi connectivity index (χ2v) is 6.91. The van der Waals surface area contributed by atoms with Crippen LogP contribution >= 0.6 is 11.6 Å². The van der Waals surface area contributed by atoms with Gasteiger partial charge in [-0.2, -0.15) is 0 Å². The zero-order chi connectivity index (χ0) is 16.1. The van der Waals surface area contributed by atoms with Gasteiger partial charge < -0.3 is 10.2 Å². The molecule has 1 aromatic carbocycles. The molecule has 2 aliphatic rings. The molecule has 5 heteroatoms. The number of carbonyl (C=O) groups excluding carboxylic acids is 1. The standard InChI is InChI=1S/C18H26ClN3O/c19-16-8-4-3-7-15(16)17-13-20-9-12-22(17)14-18(23)21-10-5-1-2-6-11-21/h3-4,7-8,17,20H,1-2,5-6,9-14H2. The van der Waals surface area contributed by atoms with Gasteiger partial charge >= 0.3 is 0 Å². The molecule has 3 rings (SSSR count). The van der Waals surface area contributed by atoms with Crippen LogP contribution in [0.2, 0.25) is 5.02 Å². The number of halogens is 1. The fraction of sp³-hybridized carbons (Fsp3) is 0.611. The summed E-state index contributed by atoms with van der Waals surface area (Å²) in [7, 11) is 0. The second-order valence-electron chi connectivity index (χ2n) is 6.51. The predicted molar refractivity (Wildman–Crippen MR) is 93.7 cm³/mol. The van der Waals surface area contributed by atoms with Gasteiger partial charge in [-0.25, -0.2) is 0 Å². The first-order valence-corrected chi connectivity index (χ1v) is 9.10. The summed E-state index contributed by atoms with van der Waals surface area (Å²) in [5.41, 5.74) is 1.12. The number of rotatable bonds is 3. The van der Waals surface area contributed by atoms with Gasteiger partial charge in [0.2, 0.25) is 5.91 Å². The number of hydrogen-bond donors (Lipinski definition) is 1. The Balaban J connectivity index is 1.69. The van der Waals surface area contributed by atoms with Crippen molar-refractivity contribution in [3.63, 3.8) is 0 Å². The number of nitrogens with zero attached hydrogens (tertiary/aromatic N) is 2. The van der Waals surface area contributed by atoms with Gasteiger partial charge in [0, 0.05) is 43.8 Å². The Morgan fingerprint density at radius 1 is 1.13 bits per heavy atom. The molecule has 23 heavy (non-hydrogen) atoms. The van der Waals surface area contributed by atoms with Crippen molar-refractivity contribution in [1.29, 1.82) is 0 Å². The molecule has 126 valence electrons. The highest BCUT2D eigenvalue weighted by molar-refractivity contribution is 6.31. The summed E-state index contributed by atoms with van der Waals surface area (Å²) in [4.78, 5) is 17.0. The van der Waals surface area contributed by atoms with E-state index in [0.29, 0.717) is 6.54 Å². The van der Waals surface area contributed by atoms with Crippen molar-refractivity contribution in [3.8, 4) is 0 Å². The average molecular weight is 336 g/mol. The summed E-state index contributed by atoms with van der Waals surface area (Å²) in [5, 5.41) is 4.21. The molecule has 0 aliphatic carbocycles. The Morgan fingerprint density at radius 3 is 2.61 bits per heavy atom. The van der Waals surface area contributed by atoms with Gasteiger partial charge in [0.1, 0.15) is 0 Å². The van der Waals surface area contributed by atoms with Gasteiger partial charge in [-0.15, -0.1) is 0 Å². The van der Waals surface area contributed by atoms with Gasteiger partial charge in [0.15, 0.2) is 0 Å². The van der Waals surface area contributed by atoms with E-state index in [1.807, 2.05) is 18.2 Å². The lowest BCUT2D eigenvalue weighted by molar-refractivity contribution is -0.133. The number of hydrogen-bond acceptors (Lipinski definition) is 3. The lowest BCUT2D eigenvalue weighted by atomic mass is 10.0. The molecule has 2 aliphatic heterocycles. The van der Waals surface area contributed by atoms with E-state index in [0.717, 1.165) is 56.2 Å². The molecule has 0 bridgehead atoms. The Bertz CT molecular complexity index is 529. The largest absolute Gasteiger partial charge is 0.342 e. The molecular formula is C18H26ClN3O. The third-order valence-electron chi connectivity index (χ3n) is 4.92. The third kappa shape index (κ3) is 4.25. The van der Waals surface area contributed by atoms with E-state index in [9.17, 15) is 4.79 Å². The monoisotopic (exact) mass is 335 g/mol. The van der Waals surface area contributed by atoms with Crippen molar-refractivity contribution in [2.45, 2.75) is 31.7 Å². The van der Waals surface area contributed by atoms with E-state index in [1.165, 1.54) is 12.8 Å². The molecule has 1 amide bonds. The summed E-state index contributed by atoms with van der Waals surface area (Å²) in [6, 6.07) is 8.15. The maximum absolute atomic E-state index is 12.7. The first-order chi connectivity index (χ1) is 11.3. The van der Waals surface area contributed by atoms with Crippen LogP contribution in [0.25, 0.3) is 0 Å². The van der Waals surface area contributed by atoms with Crippen molar-refractivity contribution in [1.82, 2.24) is 15.1 Å². The van der Waals surface area contributed by atoms with E-state index in [4.69, 9.17) is 11.6 Å². The Kier molecular flexibility index (Phi) is 5.92. The summed E-state index contributed by atoms with van der Waals surface area (Å²) in [5.74, 6) is 0.269. The normalized spacial score (nSPS) is 23.5. The molecule has 0 spiro atoms. The van der Waals surface area contributed by atoms with E-state index in [2.05, 4.69) is 21.2 Å². The fourth-order valence-electron chi connectivity index (χ4n) is 3.58. The molecular weight excluding hydrogens is 310 g/mol. The van der Waals surface area contributed by atoms with Crippen molar-refractivity contribution in [2.75, 3.05) is 39.3 Å². The maximum atomic E-state index is 12.7. The van der Waals surface area contributed by atoms with E-state index >= 15 is 0 Å². The van der Waals surface area contributed by atoms with Crippen LogP contribution in [-0.2, 0) is 4.79 Å². The molecule has 2 fully saturated rings. The number of likely N-dealkylation sites (tertiary alicyclic amines) is 1. The second kappa shape index (κ2) is 8.13. The number of benzene rings is 1. The molecule has 2 saturated heterocycles. The highest BCUT2D eigenvalue weighted by atomic mass is 35.5. The van der Waals surface area contributed by atoms with E-state index < -0.39 is 0 Å². The molecule has 1 N–H and O–H groups in total. The highest BCUT2D eigenvalue weighted by Crippen LogP contribution is 2.28. The lowest BCUT2D eigenvalue weighted by Crippen LogP contribution is -2.50. The summed E-state index contributed by atoms with van der Waals surface area (Å²) in [6.07, 6.45) is 4.78. The number of amides is 1. The summed E-state index contributed by atoms with van der Waals surface area (Å²) >= 11 is 6.38. The minimum Gasteiger partial charge on any atom is -0.342 e. The van der Waals surface area contributed by atoms with Crippen LogP contribution in [0.3, 0.4) is 0 Å². The smallest absolute Gasteiger partial charge is 0.236 e. The lowest BCUT2D eigenvalue weighted by Gasteiger charge is -2.37. The van der Waals surface area contributed by atoms with Crippen molar-refractivity contribution >= 4 is 17.5 Å². The Hall–Kier alpha value is -1.10. The number of carbonyl (C=O) groups is 1. The Morgan fingerprint density at radius 2 is 1.87 bits per heavy atom. The van der Waals surface area contributed by atoms with Crippen LogP contribution in [0.4, 0.5) is 0 Å². The quantitative estimate of drug-likeness (QED) is 0.922. The van der Waals surface area contributed by atoms with Crippen molar-refractivity contribution in [2.24, 2.45) is 0 Å². The van der Waals surface area contributed by atoms with Crippen LogP contribution in [0.5, 0.6) is 0 Å². The zero-order valence-corrected chi connectivity index (χ0v) is 14.4. The molecule has 1 unspecified atom stereocenters. The maximum Gasteiger partial charge on any atom is 0.236 e. The summed E-state index contributed by atoms with van der Waals surface area (Å²) in [6.45, 7) is 4.99. The minimum atomic E-state index is 0.174. The van der Waals surface area contributed by atoms with E-state index in [-0.39, 0.29) is 11.9 Å². The van der Waals surface area contributed by atoms with Crippen LogP contribution < -0.4 is 5.32 Å². The van der Waals surface area contributed by atoms with Crippen molar-refractivity contribution in [3.05, 3.63) is 34.9 Å². The number of nitrogens with one attached hydrogen (secondary N) is 1. The zero-order valence-electron chi connectivity index (χ0n) is 13.6. The van der Waals surface area contributed by atoms with Crippen LogP contribution in [0.1, 0.15) is 37.3 Å². The molecule has 1 atom stereocenters. The number of piperazine rings is 1. The predicted octanol–water partition coefficient (Wildman–Crippen LogP) is 2.69. The van der Waals surface area contributed by atoms with Gasteiger partial charge in [-0.1, -0.05) is 42.6 Å². The van der Waals surface area contributed by atoms with Crippen LogP contribution in [0.15, 0.2) is 24.3 Å². The molecule has 2 heterocycles. The molecule has 0 saturated carbocycles. The SMILES string of the molecule is O=C(CN1CCNCC1c1ccccc1Cl)N1CCCCCC1. The Labute approximate surface area is 143 Å². The third-order valence-corrected chi connectivity index (χ3v) is 5.26. The van der Waals surface area contributed by atoms with Gasteiger partial charge in [0.05, 0.1) is 6.54 Å². The minimum absolute atomic E-state index is 0.174.